The fraction of sp³-hybridized carbons (Fsp3) is 0.160. The van der Waals surface area contributed by atoms with Gasteiger partial charge in [0.2, 0.25) is 0 Å². The summed E-state index contributed by atoms with van der Waals surface area (Å²) < 4.78 is 60.6. The molecule has 0 atom stereocenters. The number of carboxylic acid groups (broad SMARTS) is 1. The smallest absolute Gasteiger partial charge is 0.394 e. The summed E-state index contributed by atoms with van der Waals surface area (Å²) in [5, 5.41) is 10.6. The van der Waals surface area contributed by atoms with Gasteiger partial charge >= 0.3 is 12.1 Å². The number of carbonyl (C=O) groups is 1. The molecule has 4 aromatic rings. The van der Waals surface area contributed by atoms with Gasteiger partial charge in [0.15, 0.2) is 0 Å². The van der Waals surface area contributed by atoms with E-state index in [0.717, 1.165) is 15.6 Å². The Balaban J connectivity index is 1.77. The minimum absolute atomic E-state index is 0.0307. The van der Waals surface area contributed by atoms with Crippen molar-refractivity contribution in [3.8, 4) is 5.75 Å². The van der Waals surface area contributed by atoms with Gasteiger partial charge in [-0.05, 0) is 65.9 Å². The highest BCUT2D eigenvalue weighted by atomic mass is 32.2. The van der Waals surface area contributed by atoms with Crippen molar-refractivity contribution in [1.82, 2.24) is 0 Å². The van der Waals surface area contributed by atoms with Gasteiger partial charge in [-0.15, -0.1) is 11.3 Å². The van der Waals surface area contributed by atoms with E-state index < -0.39 is 22.1 Å². The Hall–Kier alpha value is -3.50. The van der Waals surface area contributed by atoms with Crippen LogP contribution < -0.4 is 9.04 Å². The molecule has 0 unspecified atom stereocenters. The molecule has 1 aromatic heterocycles. The number of hydrogen-bond donors (Lipinski definition) is 1. The maximum atomic E-state index is 13.8. The summed E-state index contributed by atoms with van der Waals surface area (Å²) in [6.45, 7) is 2.40. The lowest BCUT2D eigenvalue weighted by Crippen LogP contribution is -2.30. The number of anilines is 1. The number of halogens is 2. The minimum Gasteiger partial charge on any atom is -0.478 e. The van der Waals surface area contributed by atoms with Crippen LogP contribution in [0.5, 0.6) is 5.75 Å². The lowest BCUT2D eigenvalue weighted by molar-refractivity contribution is -0.158. The molecule has 0 amide bonds. The first-order valence-corrected chi connectivity index (χ1v) is 12.7. The molecule has 0 saturated carbocycles. The van der Waals surface area contributed by atoms with Crippen molar-refractivity contribution in [2.75, 3.05) is 4.31 Å². The normalized spacial score (nSPS) is 12.0. The number of thiophene rings is 1. The van der Waals surface area contributed by atoms with E-state index >= 15 is 0 Å². The largest absolute Gasteiger partial charge is 0.478 e. The maximum Gasteiger partial charge on any atom is 0.394 e. The van der Waals surface area contributed by atoms with Gasteiger partial charge in [-0.3, -0.25) is 4.31 Å². The molecule has 10 heteroatoms. The second-order valence-corrected chi connectivity index (χ2v) is 10.8. The summed E-state index contributed by atoms with van der Waals surface area (Å²) >= 11 is 1.32. The van der Waals surface area contributed by atoms with Crippen LogP contribution in [0.25, 0.3) is 10.1 Å². The molecule has 0 bridgehead atoms. The molecule has 182 valence electrons. The predicted octanol–water partition coefficient (Wildman–Crippen LogP) is 6.29. The fourth-order valence-corrected chi connectivity index (χ4v) is 6.53. The van der Waals surface area contributed by atoms with E-state index in [0.29, 0.717) is 17.5 Å². The van der Waals surface area contributed by atoms with Crippen LogP contribution in [0.4, 0.5) is 13.8 Å². The molecule has 3 aromatic carbocycles. The van der Waals surface area contributed by atoms with Crippen molar-refractivity contribution >= 4 is 42.4 Å². The number of nitrogens with zero attached hydrogens (tertiary/aromatic N) is 1. The number of alkyl halides is 2. The minimum atomic E-state index is -4.10. The molecular formula is C25H21F2NO5S2. The number of hydrogen-bond acceptors (Lipinski definition) is 5. The first kappa shape index (κ1) is 24.6. The molecule has 0 saturated heterocycles. The lowest BCUT2D eigenvalue weighted by Gasteiger charge is -2.24. The molecule has 35 heavy (non-hydrogen) atoms. The average molecular weight is 518 g/mol. The number of ether oxygens (including phenoxy) is 1. The zero-order valence-electron chi connectivity index (χ0n) is 18.7. The number of fused-ring (bicyclic) bond motifs is 1. The monoisotopic (exact) mass is 517 g/mol. The molecule has 0 fully saturated rings. The van der Waals surface area contributed by atoms with E-state index in [4.69, 9.17) is 5.11 Å². The van der Waals surface area contributed by atoms with Crippen molar-refractivity contribution in [3.05, 3.63) is 89.5 Å². The summed E-state index contributed by atoms with van der Waals surface area (Å²) in [7, 11) is -4.10. The third kappa shape index (κ3) is 5.28. The van der Waals surface area contributed by atoms with Crippen LogP contribution >= 0.6 is 11.3 Å². The zero-order chi connectivity index (χ0) is 25.4. The maximum absolute atomic E-state index is 13.8. The molecule has 0 aliphatic carbocycles. The SMILES string of the molecule is Cc1c(N(Cc2ccc(OC(C)(F)F)cc2)S(=O)(=O)c2ccc(C(=O)O)cc2)sc2ccccc12. The first-order valence-electron chi connectivity index (χ1n) is 10.5. The van der Waals surface area contributed by atoms with Crippen molar-refractivity contribution in [2.24, 2.45) is 0 Å². The highest BCUT2D eigenvalue weighted by Crippen LogP contribution is 2.40. The summed E-state index contributed by atoms with van der Waals surface area (Å²) in [5.74, 6) is -1.20. The van der Waals surface area contributed by atoms with Crippen LogP contribution in [0.2, 0.25) is 0 Å². The van der Waals surface area contributed by atoms with E-state index in [1.807, 2.05) is 31.2 Å². The zero-order valence-corrected chi connectivity index (χ0v) is 20.4. The Bertz CT molecular complexity index is 1480. The van der Waals surface area contributed by atoms with Crippen LogP contribution in [0.3, 0.4) is 0 Å². The van der Waals surface area contributed by atoms with E-state index in [-0.39, 0.29) is 22.8 Å². The van der Waals surface area contributed by atoms with Crippen LogP contribution in [-0.2, 0) is 16.6 Å². The van der Waals surface area contributed by atoms with E-state index in [2.05, 4.69) is 4.74 Å². The summed E-state index contributed by atoms with van der Waals surface area (Å²) in [6.07, 6.45) is -3.34. The number of rotatable bonds is 8. The third-order valence-electron chi connectivity index (χ3n) is 5.28. The number of benzene rings is 3. The average Bonchev–Trinajstić information content (AvgIpc) is 3.13. The second kappa shape index (κ2) is 9.27. The van der Waals surface area contributed by atoms with Crippen LogP contribution in [0.1, 0.15) is 28.4 Å². The second-order valence-electron chi connectivity index (χ2n) is 7.92. The number of sulfonamides is 1. The molecule has 6 nitrogen and oxygen atoms in total. The fourth-order valence-electron chi connectivity index (χ4n) is 3.60. The number of aromatic carboxylic acids is 1. The van der Waals surface area contributed by atoms with Gasteiger partial charge in [-0.2, -0.15) is 8.78 Å². The molecule has 4 rings (SSSR count). The van der Waals surface area contributed by atoms with E-state index in [1.165, 1.54) is 64.2 Å². The summed E-state index contributed by atoms with van der Waals surface area (Å²) in [5.41, 5.74) is 1.30. The van der Waals surface area contributed by atoms with Gasteiger partial charge < -0.3 is 9.84 Å². The summed E-state index contributed by atoms with van der Waals surface area (Å²) in [6, 6.07) is 18.3. The molecule has 0 radical (unpaired) electrons. The molecule has 0 aliphatic heterocycles. The summed E-state index contributed by atoms with van der Waals surface area (Å²) in [4.78, 5) is 11.1. The van der Waals surface area contributed by atoms with Gasteiger partial charge in [0.25, 0.3) is 10.0 Å². The Morgan fingerprint density at radius 2 is 1.66 bits per heavy atom. The van der Waals surface area contributed by atoms with Gasteiger partial charge in [-0.1, -0.05) is 30.3 Å². The topological polar surface area (TPSA) is 83.9 Å². The molecular weight excluding hydrogens is 496 g/mol. The van der Waals surface area contributed by atoms with E-state index in [1.54, 1.807) is 0 Å². The van der Waals surface area contributed by atoms with Crippen LogP contribution in [0.15, 0.2) is 77.7 Å². The van der Waals surface area contributed by atoms with Crippen molar-refractivity contribution in [3.63, 3.8) is 0 Å². The lowest BCUT2D eigenvalue weighted by atomic mass is 10.2. The predicted molar refractivity (Wildman–Crippen MR) is 131 cm³/mol. The van der Waals surface area contributed by atoms with Crippen molar-refractivity contribution < 1.29 is 31.8 Å². The Kier molecular flexibility index (Phi) is 6.52. The van der Waals surface area contributed by atoms with Gasteiger partial charge in [-0.25, -0.2) is 13.2 Å². The van der Waals surface area contributed by atoms with Gasteiger partial charge in [0.1, 0.15) is 10.8 Å². The molecule has 0 aliphatic rings. The van der Waals surface area contributed by atoms with Crippen LogP contribution in [-0.4, -0.2) is 25.6 Å². The standard InChI is InChI=1S/C25H21F2NO5S2/c1-16-21-5-3-4-6-22(21)34-23(16)28(15-17-7-11-19(12-8-17)33-25(2,26)27)35(31,32)20-13-9-18(10-14-20)24(29)30/h3-14H,15H2,1-2H3,(H,29,30). The quantitative estimate of drug-likeness (QED) is 0.297. The first-order chi connectivity index (χ1) is 16.5. The Labute approximate surface area is 205 Å². The number of aryl methyl sites for hydroxylation is 1. The van der Waals surface area contributed by atoms with Gasteiger partial charge in [0.05, 0.1) is 17.0 Å². The van der Waals surface area contributed by atoms with Crippen molar-refractivity contribution in [2.45, 2.75) is 31.4 Å². The van der Waals surface area contributed by atoms with E-state index in [9.17, 15) is 22.0 Å². The molecule has 1 heterocycles. The molecule has 0 spiro atoms. The number of carboxylic acids is 1. The molecule has 1 N–H and O–H groups in total. The third-order valence-corrected chi connectivity index (χ3v) is 8.45. The Morgan fingerprint density at radius 1 is 1.03 bits per heavy atom. The highest BCUT2D eigenvalue weighted by Gasteiger charge is 2.29. The van der Waals surface area contributed by atoms with Crippen molar-refractivity contribution in [1.29, 1.82) is 0 Å². The Morgan fingerprint density at radius 3 is 2.23 bits per heavy atom. The van der Waals surface area contributed by atoms with Gasteiger partial charge in [0, 0.05) is 11.6 Å². The highest BCUT2D eigenvalue weighted by molar-refractivity contribution is 7.93. The van der Waals surface area contributed by atoms with Crippen LogP contribution in [0, 0.1) is 6.92 Å².